The first-order valence-corrected chi connectivity index (χ1v) is 10.1. The Morgan fingerprint density at radius 1 is 1.26 bits per heavy atom. The zero-order valence-electron chi connectivity index (χ0n) is 17.0. The van der Waals surface area contributed by atoms with Crippen LogP contribution in [0.3, 0.4) is 0 Å². The first-order chi connectivity index (χ1) is 12.6. The molecule has 0 aromatic heterocycles. The molecule has 158 valence electrons. The maximum atomic E-state index is 11.8. The number of carbonyl (C=O) groups is 1. The molecule has 0 amide bonds. The Morgan fingerprint density at radius 2 is 1.93 bits per heavy atom. The van der Waals surface area contributed by atoms with Gasteiger partial charge in [0, 0.05) is 39.3 Å². The molecule has 1 saturated heterocycles. The molecule has 0 spiro atoms. The predicted octanol–water partition coefficient (Wildman–Crippen LogP) is 1.86. The van der Waals surface area contributed by atoms with E-state index in [0.717, 1.165) is 71.0 Å². The summed E-state index contributed by atoms with van der Waals surface area (Å²) >= 11 is 0. The number of aliphatic imine (C=N–C) groups is 1. The summed E-state index contributed by atoms with van der Waals surface area (Å²) in [6, 6.07) is 0.376. The number of nitrogens with zero attached hydrogens (tertiary/aromatic N) is 2. The van der Waals surface area contributed by atoms with Crippen molar-refractivity contribution in [1.82, 2.24) is 15.5 Å². The highest BCUT2D eigenvalue weighted by Gasteiger charge is 2.27. The lowest BCUT2D eigenvalue weighted by Gasteiger charge is -2.30. The van der Waals surface area contributed by atoms with E-state index >= 15 is 0 Å². The van der Waals surface area contributed by atoms with Crippen molar-refractivity contribution in [3.05, 3.63) is 0 Å². The Labute approximate surface area is 181 Å². The fourth-order valence-corrected chi connectivity index (χ4v) is 3.68. The van der Waals surface area contributed by atoms with Gasteiger partial charge in [-0.15, -0.1) is 24.0 Å². The van der Waals surface area contributed by atoms with Gasteiger partial charge in [0.1, 0.15) is 0 Å². The SMILES string of the molecule is CCOC(=O)C1CCC(NC(=NC)NCC(C)CN2CCOCC2)CC1.I. The van der Waals surface area contributed by atoms with E-state index in [-0.39, 0.29) is 35.9 Å². The highest BCUT2D eigenvalue weighted by molar-refractivity contribution is 14.0. The first-order valence-electron chi connectivity index (χ1n) is 10.1. The Bertz CT molecular complexity index is 450. The molecule has 0 bridgehead atoms. The molecule has 1 saturated carbocycles. The van der Waals surface area contributed by atoms with Crippen LogP contribution in [0, 0.1) is 11.8 Å². The summed E-state index contributed by atoms with van der Waals surface area (Å²) in [6.45, 7) is 10.3. The fourth-order valence-electron chi connectivity index (χ4n) is 3.68. The van der Waals surface area contributed by atoms with Crippen molar-refractivity contribution in [2.45, 2.75) is 45.6 Å². The second-order valence-electron chi connectivity index (χ2n) is 7.42. The average molecular weight is 496 g/mol. The molecule has 8 heteroatoms. The van der Waals surface area contributed by atoms with Crippen LogP contribution in [0.4, 0.5) is 0 Å². The number of esters is 1. The van der Waals surface area contributed by atoms with Crippen LogP contribution in [0.25, 0.3) is 0 Å². The van der Waals surface area contributed by atoms with Crippen LogP contribution >= 0.6 is 24.0 Å². The van der Waals surface area contributed by atoms with E-state index in [1.807, 2.05) is 14.0 Å². The van der Waals surface area contributed by atoms with Crippen molar-refractivity contribution in [3.8, 4) is 0 Å². The number of guanidine groups is 1. The van der Waals surface area contributed by atoms with E-state index in [1.165, 1.54) is 0 Å². The van der Waals surface area contributed by atoms with Crippen LogP contribution in [0.5, 0.6) is 0 Å². The van der Waals surface area contributed by atoms with Crippen LogP contribution in [0.15, 0.2) is 4.99 Å². The summed E-state index contributed by atoms with van der Waals surface area (Å²) in [7, 11) is 1.81. The Balaban J connectivity index is 0.00000364. The molecule has 1 atom stereocenters. The molecule has 1 aliphatic carbocycles. The number of halogens is 1. The van der Waals surface area contributed by atoms with Crippen molar-refractivity contribution in [3.63, 3.8) is 0 Å². The van der Waals surface area contributed by atoms with Crippen molar-refractivity contribution < 1.29 is 14.3 Å². The number of ether oxygens (including phenoxy) is 2. The van der Waals surface area contributed by atoms with Crippen LogP contribution in [-0.2, 0) is 14.3 Å². The maximum absolute atomic E-state index is 11.8. The minimum Gasteiger partial charge on any atom is -0.466 e. The summed E-state index contributed by atoms with van der Waals surface area (Å²) in [4.78, 5) is 18.6. The van der Waals surface area contributed by atoms with E-state index in [4.69, 9.17) is 9.47 Å². The molecule has 1 unspecified atom stereocenters. The lowest BCUT2D eigenvalue weighted by atomic mass is 9.86. The topological polar surface area (TPSA) is 75.2 Å². The third kappa shape index (κ3) is 8.95. The van der Waals surface area contributed by atoms with Gasteiger partial charge in [-0.05, 0) is 38.5 Å². The first kappa shape index (κ1) is 24.4. The molecule has 0 radical (unpaired) electrons. The second-order valence-corrected chi connectivity index (χ2v) is 7.42. The highest BCUT2D eigenvalue weighted by Crippen LogP contribution is 2.25. The van der Waals surface area contributed by atoms with E-state index in [9.17, 15) is 4.79 Å². The summed E-state index contributed by atoms with van der Waals surface area (Å²) < 4.78 is 10.5. The minimum atomic E-state index is -0.0367. The average Bonchev–Trinajstić information content (AvgIpc) is 2.66. The van der Waals surface area contributed by atoms with Crippen LogP contribution in [0.1, 0.15) is 39.5 Å². The second kappa shape index (κ2) is 13.5. The standard InChI is InChI=1S/C19H36N4O3.HI/c1-4-26-18(24)16-5-7-17(8-6-16)22-19(20-3)21-13-15(2)14-23-9-11-25-12-10-23;/h15-17H,4-14H2,1-3H3,(H2,20,21,22);1H. The van der Waals surface area contributed by atoms with Crippen molar-refractivity contribution in [2.75, 3.05) is 53.0 Å². The number of hydrogen-bond donors (Lipinski definition) is 2. The molecule has 0 aromatic carbocycles. The minimum absolute atomic E-state index is 0. The predicted molar refractivity (Wildman–Crippen MR) is 119 cm³/mol. The summed E-state index contributed by atoms with van der Waals surface area (Å²) in [6.07, 6.45) is 3.74. The third-order valence-corrected chi connectivity index (χ3v) is 5.20. The molecule has 2 N–H and O–H groups in total. The van der Waals surface area contributed by atoms with Gasteiger partial charge in [0.15, 0.2) is 5.96 Å². The molecule has 2 aliphatic rings. The lowest BCUT2D eigenvalue weighted by molar-refractivity contribution is -0.149. The molecule has 1 heterocycles. The van der Waals surface area contributed by atoms with Crippen molar-refractivity contribution in [2.24, 2.45) is 16.8 Å². The van der Waals surface area contributed by atoms with Crippen LogP contribution < -0.4 is 10.6 Å². The zero-order valence-corrected chi connectivity index (χ0v) is 19.4. The van der Waals surface area contributed by atoms with Gasteiger partial charge in [0.05, 0.1) is 25.7 Å². The fraction of sp³-hybridized carbons (Fsp3) is 0.895. The van der Waals surface area contributed by atoms with Crippen molar-refractivity contribution >= 4 is 35.9 Å². The quantitative estimate of drug-likeness (QED) is 0.243. The van der Waals surface area contributed by atoms with Gasteiger partial charge in [-0.3, -0.25) is 14.7 Å². The van der Waals surface area contributed by atoms with Gasteiger partial charge in [-0.2, -0.15) is 0 Å². The number of morpholine rings is 1. The summed E-state index contributed by atoms with van der Waals surface area (Å²) in [5, 5.41) is 6.96. The Morgan fingerprint density at radius 3 is 2.52 bits per heavy atom. The van der Waals surface area contributed by atoms with E-state index < -0.39 is 0 Å². The van der Waals surface area contributed by atoms with Gasteiger partial charge >= 0.3 is 5.97 Å². The summed E-state index contributed by atoms with van der Waals surface area (Å²) in [5.41, 5.74) is 0. The van der Waals surface area contributed by atoms with Gasteiger partial charge in [-0.1, -0.05) is 6.92 Å². The number of carbonyl (C=O) groups excluding carboxylic acids is 1. The Kier molecular flexibility index (Phi) is 12.3. The molecule has 2 rings (SSSR count). The van der Waals surface area contributed by atoms with Crippen molar-refractivity contribution in [1.29, 1.82) is 0 Å². The van der Waals surface area contributed by atoms with Gasteiger partial charge in [0.2, 0.25) is 0 Å². The van der Waals surface area contributed by atoms with Crippen LogP contribution in [-0.4, -0.2) is 75.9 Å². The largest absolute Gasteiger partial charge is 0.466 e. The molecular formula is C19H37IN4O3. The lowest BCUT2D eigenvalue weighted by Crippen LogP contribution is -2.47. The van der Waals surface area contributed by atoms with Gasteiger partial charge < -0.3 is 20.1 Å². The molecule has 0 aromatic rings. The third-order valence-electron chi connectivity index (χ3n) is 5.20. The highest BCUT2D eigenvalue weighted by atomic mass is 127. The van der Waals surface area contributed by atoms with Gasteiger partial charge in [0.25, 0.3) is 0 Å². The summed E-state index contributed by atoms with van der Waals surface area (Å²) in [5.74, 6) is 1.44. The van der Waals surface area contributed by atoms with E-state index in [0.29, 0.717) is 18.6 Å². The van der Waals surface area contributed by atoms with Crippen LogP contribution in [0.2, 0.25) is 0 Å². The smallest absolute Gasteiger partial charge is 0.308 e. The maximum Gasteiger partial charge on any atom is 0.308 e. The van der Waals surface area contributed by atoms with E-state index in [2.05, 4.69) is 27.4 Å². The number of rotatable bonds is 7. The Hall–Kier alpha value is -0.610. The molecule has 7 nitrogen and oxygen atoms in total. The monoisotopic (exact) mass is 496 g/mol. The van der Waals surface area contributed by atoms with E-state index in [1.54, 1.807) is 0 Å². The molecule has 1 aliphatic heterocycles. The molecular weight excluding hydrogens is 459 g/mol. The molecule has 27 heavy (non-hydrogen) atoms. The number of nitrogens with one attached hydrogen (secondary N) is 2. The normalized spacial score (nSPS) is 25.2. The van der Waals surface area contributed by atoms with Gasteiger partial charge in [-0.25, -0.2) is 0 Å². The zero-order chi connectivity index (χ0) is 18.8. The molecule has 2 fully saturated rings. The number of hydrogen-bond acceptors (Lipinski definition) is 5.